The monoisotopic (exact) mass is 179 g/mol. The number of nitrogens with zero attached hydrogens (tertiary/aromatic N) is 1. The Bertz CT molecular complexity index is 259. The first-order chi connectivity index (χ1) is 5.58. The molecule has 1 rings (SSSR count). The van der Waals surface area contributed by atoms with Crippen LogP contribution in [0.4, 0.5) is 0 Å². The second-order valence-electron chi connectivity index (χ2n) is 3.84. The van der Waals surface area contributed by atoms with Crippen molar-refractivity contribution in [2.24, 2.45) is 4.99 Å². The van der Waals surface area contributed by atoms with Crippen molar-refractivity contribution >= 4 is 6.21 Å². The number of hydrogen-bond donors (Lipinski definition) is 0. The Labute approximate surface area is 79.6 Å². The third-order valence-electron chi connectivity index (χ3n) is 1.40. The molecule has 0 atom stereocenters. The van der Waals surface area contributed by atoms with E-state index >= 15 is 0 Å². The number of aliphatic imine (C=N–C) groups is 1. The first kappa shape index (κ1) is 11.8. The van der Waals surface area contributed by atoms with E-state index in [0.29, 0.717) is 0 Å². The van der Waals surface area contributed by atoms with Crippen LogP contribution in [0.15, 0.2) is 35.3 Å². The van der Waals surface area contributed by atoms with Crippen molar-refractivity contribution in [3.8, 4) is 0 Å². The van der Waals surface area contributed by atoms with Crippen LogP contribution in [0.3, 0.4) is 0 Å². The molecule has 2 N–H and O–H groups in total. The predicted octanol–water partition coefficient (Wildman–Crippen LogP) is 2.08. The van der Waals surface area contributed by atoms with Crippen LogP contribution in [0.5, 0.6) is 0 Å². The highest BCUT2D eigenvalue weighted by Gasteiger charge is 2.03. The molecule has 0 aliphatic carbocycles. The van der Waals surface area contributed by atoms with Gasteiger partial charge in [0.2, 0.25) is 0 Å². The molecule has 0 bridgehead atoms. The smallest absolute Gasteiger partial charge is 0.0524 e. The summed E-state index contributed by atoms with van der Waals surface area (Å²) in [6, 6.07) is 10.1. The summed E-state index contributed by atoms with van der Waals surface area (Å²) in [4.78, 5) is 4.40. The van der Waals surface area contributed by atoms with Gasteiger partial charge in [-0.15, -0.1) is 0 Å². The average Bonchev–Trinajstić information content (AvgIpc) is 2.02. The van der Waals surface area contributed by atoms with E-state index < -0.39 is 0 Å². The summed E-state index contributed by atoms with van der Waals surface area (Å²) in [6.45, 7) is 6.27. The van der Waals surface area contributed by atoms with E-state index in [4.69, 9.17) is 0 Å². The molecule has 0 unspecified atom stereocenters. The van der Waals surface area contributed by atoms with E-state index in [1.165, 1.54) is 0 Å². The molecule has 0 saturated heterocycles. The third kappa shape index (κ3) is 5.15. The van der Waals surface area contributed by atoms with Crippen molar-refractivity contribution in [1.29, 1.82) is 0 Å². The number of hydrogen-bond acceptors (Lipinski definition) is 1. The van der Waals surface area contributed by atoms with E-state index in [2.05, 4.69) is 37.9 Å². The maximum absolute atomic E-state index is 4.40. The van der Waals surface area contributed by atoms with Gasteiger partial charge in [0.1, 0.15) is 0 Å². The fourth-order valence-corrected chi connectivity index (χ4v) is 0.807. The van der Waals surface area contributed by atoms with Gasteiger partial charge in [-0.2, -0.15) is 0 Å². The second kappa shape index (κ2) is 4.77. The Hall–Kier alpha value is -1.15. The minimum absolute atomic E-state index is 0. The highest BCUT2D eigenvalue weighted by Crippen LogP contribution is 2.06. The van der Waals surface area contributed by atoms with E-state index in [-0.39, 0.29) is 11.0 Å². The quantitative estimate of drug-likeness (QED) is 0.592. The Morgan fingerprint density at radius 3 is 2.08 bits per heavy atom. The van der Waals surface area contributed by atoms with Gasteiger partial charge in [-0.25, -0.2) is 0 Å². The van der Waals surface area contributed by atoms with Crippen molar-refractivity contribution in [2.75, 3.05) is 0 Å². The molecule has 0 aromatic heterocycles. The number of rotatable bonds is 1. The molecule has 0 aliphatic heterocycles. The van der Waals surface area contributed by atoms with Gasteiger partial charge >= 0.3 is 0 Å². The van der Waals surface area contributed by atoms with Crippen LogP contribution in [0, 0.1) is 0 Å². The van der Waals surface area contributed by atoms with Crippen molar-refractivity contribution < 1.29 is 5.48 Å². The Kier molecular flexibility index (Phi) is 4.35. The molecule has 0 aliphatic rings. The molecule has 1 aromatic rings. The molecule has 0 amide bonds. The second-order valence-corrected chi connectivity index (χ2v) is 3.84. The lowest BCUT2D eigenvalue weighted by Gasteiger charge is -2.10. The van der Waals surface area contributed by atoms with Crippen LogP contribution < -0.4 is 0 Å². The van der Waals surface area contributed by atoms with E-state index in [9.17, 15) is 0 Å². The first-order valence-corrected chi connectivity index (χ1v) is 4.18. The molecule has 1 aromatic carbocycles. The minimum atomic E-state index is 0. The normalized spacial score (nSPS) is 11.3. The van der Waals surface area contributed by atoms with Gasteiger partial charge in [0, 0.05) is 6.21 Å². The van der Waals surface area contributed by atoms with Crippen molar-refractivity contribution in [3.05, 3.63) is 35.9 Å². The topological polar surface area (TPSA) is 43.9 Å². The maximum atomic E-state index is 4.40. The van der Waals surface area contributed by atoms with Crippen molar-refractivity contribution in [3.63, 3.8) is 0 Å². The minimum Gasteiger partial charge on any atom is -0.412 e. The SMILES string of the molecule is CC(C)(C)N=Cc1ccccc1.O. The van der Waals surface area contributed by atoms with Gasteiger partial charge in [-0.3, -0.25) is 4.99 Å². The van der Waals surface area contributed by atoms with Gasteiger partial charge < -0.3 is 5.48 Å². The summed E-state index contributed by atoms with van der Waals surface area (Å²) >= 11 is 0. The Morgan fingerprint density at radius 1 is 1.08 bits per heavy atom. The standard InChI is InChI=1S/C11H15N.H2O/c1-11(2,3)12-9-10-7-5-4-6-8-10;/h4-9H,1-3H3;1H2. The molecule has 0 spiro atoms. The molecule has 2 nitrogen and oxygen atoms in total. The van der Waals surface area contributed by atoms with Gasteiger partial charge in [-0.05, 0) is 26.3 Å². The summed E-state index contributed by atoms with van der Waals surface area (Å²) in [6.07, 6.45) is 1.92. The van der Waals surface area contributed by atoms with E-state index in [0.717, 1.165) is 5.56 Å². The van der Waals surface area contributed by atoms with Gasteiger partial charge in [-0.1, -0.05) is 30.3 Å². The highest BCUT2D eigenvalue weighted by molar-refractivity contribution is 5.79. The van der Waals surface area contributed by atoms with Gasteiger partial charge in [0.25, 0.3) is 0 Å². The van der Waals surface area contributed by atoms with Crippen LogP contribution >= 0.6 is 0 Å². The fraction of sp³-hybridized carbons (Fsp3) is 0.364. The largest absolute Gasteiger partial charge is 0.412 e. The number of benzene rings is 1. The molecular formula is C11H17NO. The van der Waals surface area contributed by atoms with E-state index in [1.807, 2.05) is 24.4 Å². The van der Waals surface area contributed by atoms with Crippen LogP contribution in [0.2, 0.25) is 0 Å². The first-order valence-electron chi connectivity index (χ1n) is 4.18. The summed E-state index contributed by atoms with van der Waals surface area (Å²) in [5.74, 6) is 0. The summed E-state index contributed by atoms with van der Waals surface area (Å²) in [5, 5.41) is 0. The Balaban J connectivity index is 0.00000144. The molecule has 13 heavy (non-hydrogen) atoms. The summed E-state index contributed by atoms with van der Waals surface area (Å²) in [7, 11) is 0. The lowest BCUT2D eigenvalue weighted by molar-refractivity contribution is 0.586. The van der Waals surface area contributed by atoms with Crippen LogP contribution in [0.25, 0.3) is 0 Å². The predicted molar refractivity (Wildman–Crippen MR) is 57.4 cm³/mol. The lowest BCUT2D eigenvalue weighted by Crippen LogP contribution is -2.09. The zero-order chi connectivity index (χ0) is 9.03. The Morgan fingerprint density at radius 2 is 1.62 bits per heavy atom. The van der Waals surface area contributed by atoms with E-state index in [1.54, 1.807) is 0 Å². The molecular weight excluding hydrogens is 162 g/mol. The van der Waals surface area contributed by atoms with Gasteiger partial charge in [0.05, 0.1) is 5.54 Å². The molecule has 72 valence electrons. The van der Waals surface area contributed by atoms with Crippen molar-refractivity contribution in [1.82, 2.24) is 0 Å². The summed E-state index contributed by atoms with van der Waals surface area (Å²) in [5.41, 5.74) is 1.18. The van der Waals surface area contributed by atoms with Gasteiger partial charge in [0.15, 0.2) is 0 Å². The van der Waals surface area contributed by atoms with Crippen LogP contribution in [-0.2, 0) is 0 Å². The third-order valence-corrected chi connectivity index (χ3v) is 1.40. The fourth-order valence-electron chi connectivity index (χ4n) is 0.807. The van der Waals surface area contributed by atoms with Crippen LogP contribution in [0.1, 0.15) is 26.3 Å². The average molecular weight is 179 g/mol. The lowest BCUT2D eigenvalue weighted by atomic mass is 10.1. The zero-order valence-electron chi connectivity index (χ0n) is 8.41. The molecule has 0 radical (unpaired) electrons. The molecule has 0 heterocycles. The zero-order valence-corrected chi connectivity index (χ0v) is 8.41. The summed E-state index contributed by atoms with van der Waals surface area (Å²) < 4.78 is 0. The maximum Gasteiger partial charge on any atom is 0.0524 e. The van der Waals surface area contributed by atoms with Crippen LogP contribution in [-0.4, -0.2) is 17.2 Å². The van der Waals surface area contributed by atoms with Crippen molar-refractivity contribution in [2.45, 2.75) is 26.3 Å². The molecule has 2 heteroatoms. The highest BCUT2D eigenvalue weighted by atomic mass is 16.0. The molecule has 0 saturated carbocycles. The molecule has 0 fully saturated rings.